The summed E-state index contributed by atoms with van der Waals surface area (Å²) < 4.78 is 28.1. The Labute approximate surface area is 112 Å². The average molecular weight is 286 g/mol. The van der Waals surface area contributed by atoms with E-state index in [9.17, 15) is 13.2 Å². The van der Waals surface area contributed by atoms with Crippen molar-refractivity contribution in [1.29, 1.82) is 0 Å². The molecule has 0 radical (unpaired) electrons. The maximum absolute atomic E-state index is 11.9. The fraction of sp³-hybridized carbons (Fsp3) is 0.667. The van der Waals surface area contributed by atoms with Crippen molar-refractivity contribution in [2.24, 2.45) is 0 Å². The molecule has 0 spiro atoms. The van der Waals surface area contributed by atoms with E-state index < -0.39 is 15.1 Å². The highest BCUT2D eigenvalue weighted by molar-refractivity contribution is 7.91. The Morgan fingerprint density at radius 1 is 1.47 bits per heavy atom. The summed E-state index contributed by atoms with van der Waals surface area (Å²) in [7, 11) is -3.13. The maximum atomic E-state index is 11.9. The van der Waals surface area contributed by atoms with Crippen molar-refractivity contribution in [2.75, 3.05) is 6.26 Å². The monoisotopic (exact) mass is 286 g/mol. The van der Waals surface area contributed by atoms with E-state index in [4.69, 9.17) is 0 Å². The van der Waals surface area contributed by atoms with Gasteiger partial charge in [-0.3, -0.25) is 4.79 Å². The molecule has 1 aromatic rings. The maximum Gasteiger partial charge on any atom is 0.226 e. The number of sulfone groups is 1. The molecule has 19 heavy (non-hydrogen) atoms. The van der Waals surface area contributed by atoms with Gasteiger partial charge < -0.3 is 9.84 Å². The van der Waals surface area contributed by atoms with Gasteiger partial charge in [-0.2, -0.15) is 0 Å². The summed E-state index contributed by atoms with van der Waals surface area (Å²) in [5.41, 5.74) is 0.546. The number of rotatable bonds is 4. The molecule has 1 aliphatic rings. The van der Waals surface area contributed by atoms with Crippen molar-refractivity contribution in [3.8, 4) is 0 Å². The summed E-state index contributed by atoms with van der Waals surface area (Å²) in [6.45, 7) is 0. The standard InChI is InChI=1S/C12H18N2O4S/c1-19(16,17)11-5-3-2-4-10(11)13-12(15)8-9-6-7-18-14-9/h6-7,10-11H,2-5,8H2,1H3,(H,13,15)/t10-,11-/m1/s1. The lowest BCUT2D eigenvalue weighted by molar-refractivity contribution is -0.121. The van der Waals surface area contributed by atoms with Crippen LogP contribution in [0.5, 0.6) is 0 Å². The minimum absolute atomic E-state index is 0.115. The molecule has 1 fully saturated rings. The molecule has 2 rings (SSSR count). The van der Waals surface area contributed by atoms with Gasteiger partial charge in [0.2, 0.25) is 5.91 Å². The topological polar surface area (TPSA) is 89.3 Å². The van der Waals surface area contributed by atoms with Crippen molar-refractivity contribution in [3.63, 3.8) is 0 Å². The zero-order valence-electron chi connectivity index (χ0n) is 10.8. The van der Waals surface area contributed by atoms with Crippen LogP contribution < -0.4 is 5.32 Å². The third-order valence-electron chi connectivity index (χ3n) is 3.43. The van der Waals surface area contributed by atoms with Crippen LogP contribution in [0, 0.1) is 0 Å². The molecule has 7 heteroatoms. The van der Waals surface area contributed by atoms with Gasteiger partial charge >= 0.3 is 0 Å². The summed E-state index contributed by atoms with van der Waals surface area (Å²) in [6.07, 6.45) is 5.93. The van der Waals surface area contributed by atoms with Crippen LogP contribution in [-0.2, 0) is 21.1 Å². The Morgan fingerprint density at radius 3 is 2.84 bits per heavy atom. The van der Waals surface area contributed by atoms with Gasteiger partial charge in [-0.15, -0.1) is 0 Å². The molecule has 1 aromatic heterocycles. The molecule has 0 bridgehead atoms. The molecule has 0 saturated heterocycles. The first-order valence-corrected chi connectivity index (χ1v) is 8.30. The summed E-state index contributed by atoms with van der Waals surface area (Å²) in [6, 6.07) is 1.33. The van der Waals surface area contributed by atoms with E-state index in [1.165, 1.54) is 12.5 Å². The molecule has 1 heterocycles. The van der Waals surface area contributed by atoms with Gasteiger partial charge in [0.05, 0.1) is 17.4 Å². The Kier molecular flexibility index (Phi) is 4.24. The molecule has 6 nitrogen and oxygen atoms in total. The second kappa shape index (κ2) is 5.73. The van der Waals surface area contributed by atoms with Gasteiger partial charge in [-0.05, 0) is 12.8 Å². The van der Waals surface area contributed by atoms with E-state index in [1.807, 2.05) is 0 Å². The molecule has 1 N–H and O–H groups in total. The van der Waals surface area contributed by atoms with Crippen LogP contribution in [0.2, 0.25) is 0 Å². The van der Waals surface area contributed by atoms with E-state index in [2.05, 4.69) is 15.0 Å². The highest BCUT2D eigenvalue weighted by Gasteiger charge is 2.33. The number of nitrogens with one attached hydrogen (secondary N) is 1. The SMILES string of the molecule is CS(=O)(=O)[C@@H]1CCCC[C@H]1NC(=O)Cc1ccon1. The first-order chi connectivity index (χ1) is 8.97. The number of aromatic nitrogens is 1. The van der Waals surface area contributed by atoms with Crippen LogP contribution in [0.4, 0.5) is 0 Å². The van der Waals surface area contributed by atoms with Crippen LogP contribution in [0.15, 0.2) is 16.9 Å². The summed E-state index contributed by atoms with van der Waals surface area (Å²) in [5.74, 6) is -0.213. The minimum Gasteiger partial charge on any atom is -0.364 e. The number of hydrogen-bond acceptors (Lipinski definition) is 5. The molecule has 106 valence electrons. The molecule has 0 aromatic carbocycles. The van der Waals surface area contributed by atoms with E-state index in [0.717, 1.165) is 12.8 Å². The second-order valence-corrected chi connectivity index (χ2v) is 7.26. The third kappa shape index (κ3) is 3.79. The number of carbonyl (C=O) groups is 1. The van der Waals surface area contributed by atoms with Gasteiger partial charge in [0.15, 0.2) is 9.84 Å². The van der Waals surface area contributed by atoms with Gasteiger partial charge in [0.1, 0.15) is 6.26 Å². The van der Waals surface area contributed by atoms with Crippen molar-refractivity contribution < 1.29 is 17.7 Å². The molecule has 1 saturated carbocycles. The average Bonchev–Trinajstić information content (AvgIpc) is 2.81. The van der Waals surface area contributed by atoms with E-state index in [1.54, 1.807) is 6.07 Å². The Hall–Kier alpha value is -1.37. The van der Waals surface area contributed by atoms with Crippen molar-refractivity contribution >= 4 is 15.7 Å². The van der Waals surface area contributed by atoms with Gasteiger partial charge in [-0.25, -0.2) is 8.42 Å². The third-order valence-corrected chi connectivity index (χ3v) is 5.10. The van der Waals surface area contributed by atoms with Gasteiger partial charge in [-0.1, -0.05) is 18.0 Å². The molecular formula is C12H18N2O4S. The molecular weight excluding hydrogens is 268 g/mol. The van der Waals surface area contributed by atoms with Crippen molar-refractivity contribution in [3.05, 3.63) is 18.0 Å². The zero-order valence-corrected chi connectivity index (χ0v) is 11.6. The fourth-order valence-electron chi connectivity index (χ4n) is 2.53. The Morgan fingerprint density at radius 2 is 2.21 bits per heavy atom. The number of nitrogens with zero attached hydrogens (tertiary/aromatic N) is 1. The van der Waals surface area contributed by atoms with E-state index in [0.29, 0.717) is 18.5 Å². The highest BCUT2D eigenvalue weighted by Crippen LogP contribution is 2.24. The fourth-order valence-corrected chi connectivity index (χ4v) is 3.92. The lowest BCUT2D eigenvalue weighted by atomic mass is 9.94. The predicted molar refractivity (Wildman–Crippen MR) is 69.2 cm³/mol. The second-order valence-electron chi connectivity index (χ2n) is 4.99. The van der Waals surface area contributed by atoms with Gasteiger partial charge in [0.25, 0.3) is 0 Å². The molecule has 0 unspecified atom stereocenters. The Balaban J connectivity index is 1.98. The van der Waals surface area contributed by atoms with Crippen LogP contribution >= 0.6 is 0 Å². The number of carbonyl (C=O) groups excluding carboxylic acids is 1. The first-order valence-electron chi connectivity index (χ1n) is 6.34. The first kappa shape index (κ1) is 14.0. The lowest BCUT2D eigenvalue weighted by Gasteiger charge is -2.30. The van der Waals surface area contributed by atoms with Crippen LogP contribution in [0.3, 0.4) is 0 Å². The Bertz CT molecular complexity index is 524. The smallest absolute Gasteiger partial charge is 0.226 e. The molecule has 0 aliphatic heterocycles. The van der Waals surface area contributed by atoms with Crippen molar-refractivity contribution in [2.45, 2.75) is 43.4 Å². The van der Waals surface area contributed by atoms with E-state index in [-0.39, 0.29) is 18.4 Å². The summed E-state index contributed by atoms with van der Waals surface area (Å²) >= 11 is 0. The molecule has 2 atom stereocenters. The van der Waals surface area contributed by atoms with Crippen LogP contribution in [0.25, 0.3) is 0 Å². The number of hydrogen-bond donors (Lipinski definition) is 1. The predicted octanol–water partition coefficient (Wildman–Crippen LogP) is 0.689. The minimum atomic E-state index is -3.13. The molecule has 1 aliphatic carbocycles. The summed E-state index contributed by atoms with van der Waals surface area (Å²) in [4.78, 5) is 11.9. The molecule has 1 amide bonds. The normalized spacial score (nSPS) is 24.1. The zero-order chi connectivity index (χ0) is 13.9. The van der Waals surface area contributed by atoms with Crippen LogP contribution in [-0.4, -0.2) is 37.0 Å². The largest absolute Gasteiger partial charge is 0.364 e. The van der Waals surface area contributed by atoms with E-state index >= 15 is 0 Å². The highest BCUT2D eigenvalue weighted by atomic mass is 32.2. The number of amides is 1. The van der Waals surface area contributed by atoms with Crippen molar-refractivity contribution in [1.82, 2.24) is 10.5 Å². The lowest BCUT2D eigenvalue weighted by Crippen LogP contribution is -2.48. The summed E-state index contributed by atoms with van der Waals surface area (Å²) in [5, 5.41) is 6.01. The quantitative estimate of drug-likeness (QED) is 0.879. The van der Waals surface area contributed by atoms with Gasteiger partial charge in [0, 0.05) is 18.4 Å². The van der Waals surface area contributed by atoms with Crippen LogP contribution in [0.1, 0.15) is 31.4 Å².